The predicted molar refractivity (Wildman–Crippen MR) is 63.5 cm³/mol. The fourth-order valence-electron chi connectivity index (χ4n) is 1.03. The molecular weight excluding hydrogens is 264 g/mol. The van der Waals surface area contributed by atoms with E-state index < -0.39 is 6.10 Å². The molecule has 0 radical (unpaired) electrons. The van der Waals surface area contributed by atoms with Gasteiger partial charge in [-0.2, -0.15) is 11.8 Å². The van der Waals surface area contributed by atoms with Crippen LogP contribution in [0.1, 0.15) is 25.7 Å². The van der Waals surface area contributed by atoms with Crippen LogP contribution in [-0.2, 0) is 0 Å². The van der Waals surface area contributed by atoms with Crippen molar-refractivity contribution < 1.29 is 9.52 Å². The molecule has 1 unspecified atom stereocenters. The van der Waals surface area contributed by atoms with Crippen molar-refractivity contribution in [2.45, 2.75) is 20.0 Å². The topological polar surface area (TPSA) is 33.4 Å². The quantitative estimate of drug-likeness (QED) is 0.896. The van der Waals surface area contributed by atoms with Gasteiger partial charge in [0.2, 0.25) is 0 Å². The molecule has 0 saturated carbocycles. The number of aliphatic hydroxyl groups is 1. The first-order chi connectivity index (χ1) is 6.61. The number of rotatable bonds is 5. The molecule has 0 bridgehead atoms. The average molecular weight is 279 g/mol. The summed E-state index contributed by atoms with van der Waals surface area (Å²) in [6, 6.07) is 1.80. The first-order valence-electron chi connectivity index (χ1n) is 4.60. The Balaban J connectivity index is 2.36. The molecule has 2 nitrogen and oxygen atoms in total. The second-order valence-corrected chi connectivity index (χ2v) is 5.51. The molecule has 0 spiro atoms. The van der Waals surface area contributed by atoms with Crippen molar-refractivity contribution in [2.24, 2.45) is 5.92 Å². The maximum atomic E-state index is 9.76. The highest BCUT2D eigenvalue weighted by molar-refractivity contribution is 9.10. The van der Waals surface area contributed by atoms with Crippen LogP contribution in [0.15, 0.2) is 21.2 Å². The predicted octanol–water partition coefficient (Wildman–Crippen LogP) is 3.46. The van der Waals surface area contributed by atoms with E-state index in [4.69, 9.17) is 4.42 Å². The van der Waals surface area contributed by atoms with Gasteiger partial charge in [0.25, 0.3) is 0 Å². The van der Waals surface area contributed by atoms with Crippen LogP contribution < -0.4 is 0 Å². The SMILES string of the molecule is CC(C)CSCC(O)c1occc1Br. The summed E-state index contributed by atoms with van der Waals surface area (Å²) in [5.74, 6) is 3.04. The van der Waals surface area contributed by atoms with E-state index >= 15 is 0 Å². The molecule has 0 fully saturated rings. The zero-order valence-corrected chi connectivity index (χ0v) is 10.8. The Kier molecular flexibility index (Phi) is 5.06. The van der Waals surface area contributed by atoms with Gasteiger partial charge in [0.1, 0.15) is 11.9 Å². The van der Waals surface area contributed by atoms with E-state index in [9.17, 15) is 5.11 Å². The first kappa shape index (κ1) is 12.1. The third-order valence-electron chi connectivity index (χ3n) is 1.67. The number of thioether (sulfide) groups is 1. The number of hydrogen-bond acceptors (Lipinski definition) is 3. The lowest BCUT2D eigenvalue weighted by molar-refractivity contribution is 0.173. The highest BCUT2D eigenvalue weighted by atomic mass is 79.9. The molecule has 0 aliphatic carbocycles. The Morgan fingerprint density at radius 1 is 1.50 bits per heavy atom. The van der Waals surface area contributed by atoms with Gasteiger partial charge in [0, 0.05) is 5.75 Å². The molecule has 1 rings (SSSR count). The largest absolute Gasteiger partial charge is 0.465 e. The van der Waals surface area contributed by atoms with Crippen LogP contribution in [0.5, 0.6) is 0 Å². The molecule has 1 aromatic rings. The molecule has 14 heavy (non-hydrogen) atoms. The number of furan rings is 1. The summed E-state index contributed by atoms with van der Waals surface area (Å²) in [6.07, 6.45) is 1.07. The summed E-state index contributed by atoms with van der Waals surface area (Å²) in [7, 11) is 0. The first-order valence-corrected chi connectivity index (χ1v) is 6.54. The third-order valence-corrected chi connectivity index (χ3v) is 3.78. The van der Waals surface area contributed by atoms with Gasteiger partial charge >= 0.3 is 0 Å². The molecule has 1 N–H and O–H groups in total. The summed E-state index contributed by atoms with van der Waals surface area (Å²) in [5.41, 5.74) is 0. The van der Waals surface area contributed by atoms with Crippen molar-refractivity contribution in [1.82, 2.24) is 0 Å². The monoisotopic (exact) mass is 278 g/mol. The zero-order chi connectivity index (χ0) is 10.6. The number of aliphatic hydroxyl groups excluding tert-OH is 1. The standard InChI is InChI=1S/C10H15BrO2S/c1-7(2)5-14-6-9(12)10-8(11)3-4-13-10/h3-4,7,9,12H,5-6H2,1-2H3. The molecule has 0 amide bonds. The van der Waals surface area contributed by atoms with Crippen molar-refractivity contribution in [1.29, 1.82) is 0 Å². The summed E-state index contributed by atoms with van der Waals surface area (Å²) in [5, 5.41) is 9.76. The fourth-order valence-corrected chi connectivity index (χ4v) is 2.48. The highest BCUT2D eigenvalue weighted by Crippen LogP contribution is 2.27. The Morgan fingerprint density at radius 2 is 2.21 bits per heavy atom. The van der Waals surface area contributed by atoms with E-state index in [0.29, 0.717) is 17.4 Å². The van der Waals surface area contributed by atoms with Gasteiger partial charge in [-0.1, -0.05) is 13.8 Å². The minimum Gasteiger partial charge on any atom is -0.465 e. The van der Waals surface area contributed by atoms with E-state index in [2.05, 4.69) is 29.8 Å². The van der Waals surface area contributed by atoms with Crippen LogP contribution in [0.4, 0.5) is 0 Å². The smallest absolute Gasteiger partial charge is 0.147 e. The van der Waals surface area contributed by atoms with Gasteiger partial charge in [0.05, 0.1) is 10.7 Å². The second-order valence-electron chi connectivity index (χ2n) is 3.58. The molecule has 1 heterocycles. The van der Waals surface area contributed by atoms with Gasteiger partial charge in [-0.25, -0.2) is 0 Å². The molecule has 80 valence electrons. The minimum atomic E-state index is -0.511. The average Bonchev–Trinajstić information content (AvgIpc) is 2.50. The van der Waals surface area contributed by atoms with E-state index in [1.807, 2.05) is 0 Å². The second kappa shape index (κ2) is 5.83. The van der Waals surface area contributed by atoms with E-state index in [1.165, 1.54) is 0 Å². The lowest BCUT2D eigenvalue weighted by Crippen LogP contribution is -2.02. The fraction of sp³-hybridized carbons (Fsp3) is 0.600. The molecule has 1 aromatic heterocycles. The van der Waals surface area contributed by atoms with Crippen LogP contribution in [-0.4, -0.2) is 16.6 Å². The lowest BCUT2D eigenvalue weighted by Gasteiger charge is -2.09. The van der Waals surface area contributed by atoms with Crippen LogP contribution in [0.3, 0.4) is 0 Å². The van der Waals surface area contributed by atoms with Crippen LogP contribution in [0, 0.1) is 5.92 Å². The van der Waals surface area contributed by atoms with Crippen molar-refractivity contribution in [3.05, 3.63) is 22.6 Å². The molecule has 0 aromatic carbocycles. The van der Waals surface area contributed by atoms with Gasteiger partial charge < -0.3 is 9.52 Å². The lowest BCUT2D eigenvalue weighted by atomic mass is 10.3. The van der Waals surface area contributed by atoms with Crippen LogP contribution in [0.25, 0.3) is 0 Å². The molecular formula is C10H15BrO2S. The Morgan fingerprint density at radius 3 is 2.71 bits per heavy atom. The normalized spacial score (nSPS) is 13.5. The van der Waals surface area contributed by atoms with E-state index in [1.54, 1.807) is 24.1 Å². The Bertz CT molecular complexity index is 273. The van der Waals surface area contributed by atoms with Crippen molar-refractivity contribution in [3.63, 3.8) is 0 Å². The highest BCUT2D eigenvalue weighted by Gasteiger charge is 2.14. The number of hydrogen-bond donors (Lipinski definition) is 1. The van der Waals surface area contributed by atoms with Gasteiger partial charge in [-0.05, 0) is 33.7 Å². The van der Waals surface area contributed by atoms with Gasteiger partial charge in [-0.15, -0.1) is 0 Å². The van der Waals surface area contributed by atoms with Gasteiger partial charge in [0.15, 0.2) is 0 Å². The Labute approximate surface area is 97.2 Å². The van der Waals surface area contributed by atoms with Crippen molar-refractivity contribution >= 4 is 27.7 Å². The Hall–Kier alpha value is 0.0700. The summed E-state index contributed by atoms with van der Waals surface area (Å²) in [4.78, 5) is 0. The maximum absolute atomic E-state index is 9.76. The van der Waals surface area contributed by atoms with Crippen molar-refractivity contribution in [3.8, 4) is 0 Å². The third kappa shape index (κ3) is 3.67. The van der Waals surface area contributed by atoms with Gasteiger partial charge in [-0.3, -0.25) is 0 Å². The van der Waals surface area contributed by atoms with Crippen LogP contribution in [0.2, 0.25) is 0 Å². The zero-order valence-electron chi connectivity index (χ0n) is 8.37. The summed E-state index contributed by atoms with van der Waals surface area (Å²) < 4.78 is 6.02. The molecule has 1 atom stereocenters. The summed E-state index contributed by atoms with van der Waals surface area (Å²) >= 11 is 5.07. The molecule has 4 heteroatoms. The van der Waals surface area contributed by atoms with Crippen LogP contribution >= 0.6 is 27.7 Å². The maximum Gasteiger partial charge on any atom is 0.147 e. The molecule has 0 aliphatic heterocycles. The molecule has 0 aliphatic rings. The minimum absolute atomic E-state index is 0.511. The number of halogens is 1. The molecule has 0 saturated heterocycles. The van der Waals surface area contributed by atoms with Crippen molar-refractivity contribution in [2.75, 3.05) is 11.5 Å². The summed E-state index contributed by atoms with van der Waals surface area (Å²) in [6.45, 7) is 4.34. The van der Waals surface area contributed by atoms with E-state index in [0.717, 1.165) is 10.2 Å². The van der Waals surface area contributed by atoms with E-state index in [-0.39, 0.29) is 0 Å².